The van der Waals surface area contributed by atoms with Crippen LogP contribution in [0.5, 0.6) is 23.0 Å². The molecule has 0 radical (unpaired) electrons. The predicted molar refractivity (Wildman–Crippen MR) is 135 cm³/mol. The van der Waals surface area contributed by atoms with Crippen molar-refractivity contribution in [3.05, 3.63) is 87.2 Å². The number of carbonyl (C=O) groups excluding carboxylic acids is 1. The molecular formula is C27H21ClF3NO6. The lowest BCUT2D eigenvalue weighted by atomic mass is 10.2. The summed E-state index contributed by atoms with van der Waals surface area (Å²) in [6.45, 7) is 3.29. The highest BCUT2D eigenvalue weighted by Crippen LogP contribution is 2.40. The zero-order chi connectivity index (χ0) is 27.4. The lowest BCUT2D eigenvalue weighted by Gasteiger charge is -2.15. The topological polar surface area (TPSA) is 87.0 Å². The lowest BCUT2D eigenvalue weighted by molar-refractivity contribution is -0.154. The van der Waals surface area contributed by atoms with Gasteiger partial charge in [-0.3, -0.25) is 9.59 Å². The van der Waals surface area contributed by atoms with Crippen LogP contribution in [0.1, 0.15) is 18.2 Å². The maximum Gasteiger partial charge on any atom is 0.453 e. The van der Waals surface area contributed by atoms with E-state index in [9.17, 15) is 22.8 Å². The van der Waals surface area contributed by atoms with Crippen molar-refractivity contribution in [2.24, 2.45) is 0 Å². The number of hydrogen-bond donors (Lipinski definition) is 1. The van der Waals surface area contributed by atoms with Gasteiger partial charge in [0.2, 0.25) is 11.2 Å². The first kappa shape index (κ1) is 26.9. The summed E-state index contributed by atoms with van der Waals surface area (Å²) in [4.78, 5) is 25.3. The summed E-state index contributed by atoms with van der Waals surface area (Å²) >= 11 is 6.05. The normalized spacial score (nSPS) is 11.3. The van der Waals surface area contributed by atoms with Crippen LogP contribution in [0.4, 0.5) is 18.9 Å². The zero-order valence-electron chi connectivity index (χ0n) is 20.1. The standard InChI is InChI=1S/C27H21ClF3NO6/c1-3-35-20-6-4-5-7-21(20)37-25-24(34)18-11-10-17(13-22(18)38-26(25)27(29,30)31)36-14-23(33)32-16-9-8-15(2)19(28)12-16/h4-13H,3,14H2,1-2H3,(H,32,33). The summed E-state index contributed by atoms with van der Waals surface area (Å²) in [5.41, 5.74) is -0.141. The van der Waals surface area contributed by atoms with E-state index in [1.54, 1.807) is 31.2 Å². The van der Waals surface area contributed by atoms with E-state index in [2.05, 4.69) is 5.32 Å². The predicted octanol–water partition coefficient (Wildman–Crippen LogP) is 6.98. The minimum Gasteiger partial charge on any atom is -0.490 e. The molecule has 0 atom stereocenters. The number of carbonyl (C=O) groups is 1. The SMILES string of the molecule is CCOc1ccccc1Oc1c(C(F)(F)F)oc2cc(OCC(=O)Nc3ccc(C)c(Cl)c3)ccc2c1=O. The Morgan fingerprint density at radius 1 is 1.03 bits per heavy atom. The molecule has 4 aromatic rings. The number of rotatable bonds is 8. The van der Waals surface area contributed by atoms with Crippen molar-refractivity contribution < 1.29 is 36.6 Å². The number of para-hydroxylation sites is 2. The number of ether oxygens (including phenoxy) is 3. The minimum absolute atomic E-state index is 0.0150. The molecule has 3 aromatic carbocycles. The molecule has 0 saturated carbocycles. The number of hydrogen-bond acceptors (Lipinski definition) is 6. The Balaban J connectivity index is 1.61. The molecule has 38 heavy (non-hydrogen) atoms. The number of aryl methyl sites for hydroxylation is 1. The van der Waals surface area contributed by atoms with Gasteiger partial charge in [0.1, 0.15) is 11.3 Å². The molecule has 1 aromatic heterocycles. The Hall–Kier alpha value is -4.18. The Bertz CT molecular complexity index is 1550. The number of nitrogens with one attached hydrogen (secondary N) is 1. The zero-order valence-corrected chi connectivity index (χ0v) is 20.9. The highest BCUT2D eigenvalue weighted by Gasteiger charge is 2.40. The van der Waals surface area contributed by atoms with Crippen molar-refractivity contribution >= 4 is 34.2 Å². The first-order chi connectivity index (χ1) is 18.1. The summed E-state index contributed by atoms with van der Waals surface area (Å²) in [5, 5.41) is 2.90. The highest BCUT2D eigenvalue weighted by atomic mass is 35.5. The highest BCUT2D eigenvalue weighted by molar-refractivity contribution is 6.31. The van der Waals surface area contributed by atoms with Crippen molar-refractivity contribution in [3.63, 3.8) is 0 Å². The van der Waals surface area contributed by atoms with Crippen LogP contribution in [0.15, 0.2) is 69.9 Å². The summed E-state index contributed by atoms with van der Waals surface area (Å²) in [6.07, 6.45) is -5.05. The second-order valence-corrected chi connectivity index (χ2v) is 8.43. The van der Waals surface area contributed by atoms with Gasteiger partial charge in [0.25, 0.3) is 11.7 Å². The molecule has 0 saturated heterocycles. The molecule has 1 heterocycles. The van der Waals surface area contributed by atoms with Crippen molar-refractivity contribution in [1.29, 1.82) is 0 Å². The molecule has 0 spiro atoms. The number of amides is 1. The van der Waals surface area contributed by atoms with Crippen LogP contribution < -0.4 is 25.0 Å². The molecule has 7 nitrogen and oxygen atoms in total. The van der Waals surface area contributed by atoms with E-state index < -0.39 is 41.2 Å². The third-order valence-electron chi connectivity index (χ3n) is 5.27. The van der Waals surface area contributed by atoms with Crippen LogP contribution in [0.3, 0.4) is 0 Å². The van der Waals surface area contributed by atoms with E-state index in [0.29, 0.717) is 10.7 Å². The first-order valence-electron chi connectivity index (χ1n) is 11.3. The molecule has 0 aliphatic heterocycles. The smallest absolute Gasteiger partial charge is 0.453 e. The van der Waals surface area contributed by atoms with E-state index in [1.807, 2.05) is 6.92 Å². The van der Waals surface area contributed by atoms with Crippen LogP contribution in [0.25, 0.3) is 11.0 Å². The minimum atomic E-state index is -5.05. The van der Waals surface area contributed by atoms with E-state index >= 15 is 0 Å². The molecule has 11 heteroatoms. The van der Waals surface area contributed by atoms with E-state index in [0.717, 1.165) is 11.6 Å². The molecule has 0 unspecified atom stereocenters. The van der Waals surface area contributed by atoms with Crippen LogP contribution in [0.2, 0.25) is 5.02 Å². The average molecular weight is 548 g/mol. The number of alkyl halides is 3. The van der Waals surface area contributed by atoms with Gasteiger partial charge < -0.3 is 23.9 Å². The second-order valence-electron chi connectivity index (χ2n) is 8.03. The van der Waals surface area contributed by atoms with Gasteiger partial charge in [-0.25, -0.2) is 0 Å². The summed E-state index contributed by atoms with van der Waals surface area (Å²) in [6, 6.07) is 14.7. The van der Waals surface area contributed by atoms with Gasteiger partial charge in [-0.1, -0.05) is 29.8 Å². The fourth-order valence-corrected chi connectivity index (χ4v) is 3.64. The third-order valence-corrected chi connectivity index (χ3v) is 5.67. The molecule has 0 aliphatic rings. The van der Waals surface area contributed by atoms with Gasteiger partial charge in [-0.05, 0) is 55.8 Å². The number of halogens is 4. The monoisotopic (exact) mass is 547 g/mol. The lowest BCUT2D eigenvalue weighted by Crippen LogP contribution is -2.20. The maximum atomic E-state index is 13.9. The Morgan fingerprint density at radius 2 is 1.76 bits per heavy atom. The van der Waals surface area contributed by atoms with Crippen molar-refractivity contribution in [2.75, 3.05) is 18.5 Å². The number of anilines is 1. The van der Waals surface area contributed by atoms with Gasteiger partial charge in [0.05, 0.1) is 12.0 Å². The molecule has 4 rings (SSSR count). The Morgan fingerprint density at radius 3 is 2.45 bits per heavy atom. The number of fused-ring (bicyclic) bond motifs is 1. The molecular weight excluding hydrogens is 527 g/mol. The van der Waals surface area contributed by atoms with E-state index in [1.165, 1.54) is 30.3 Å². The molecule has 0 bridgehead atoms. The van der Waals surface area contributed by atoms with Gasteiger partial charge in [0, 0.05) is 16.8 Å². The molecule has 1 N–H and O–H groups in total. The van der Waals surface area contributed by atoms with Crippen LogP contribution >= 0.6 is 11.6 Å². The fraction of sp³-hybridized carbons (Fsp3) is 0.185. The number of benzene rings is 3. The van der Waals surface area contributed by atoms with Gasteiger partial charge in [-0.2, -0.15) is 13.2 Å². The molecule has 0 aliphatic carbocycles. The van der Waals surface area contributed by atoms with E-state index in [4.69, 9.17) is 30.2 Å². The molecule has 1 amide bonds. The third kappa shape index (κ3) is 6.03. The summed E-state index contributed by atoms with van der Waals surface area (Å²) < 4.78 is 62.9. The Labute approximate surface area is 219 Å². The van der Waals surface area contributed by atoms with Crippen LogP contribution in [-0.2, 0) is 11.0 Å². The van der Waals surface area contributed by atoms with Crippen LogP contribution in [-0.4, -0.2) is 19.1 Å². The quantitative estimate of drug-likeness (QED) is 0.256. The largest absolute Gasteiger partial charge is 0.490 e. The van der Waals surface area contributed by atoms with Gasteiger partial charge in [0.15, 0.2) is 18.1 Å². The Kier molecular flexibility index (Phi) is 7.82. The van der Waals surface area contributed by atoms with Crippen molar-refractivity contribution in [2.45, 2.75) is 20.0 Å². The van der Waals surface area contributed by atoms with Crippen molar-refractivity contribution in [3.8, 4) is 23.0 Å². The van der Waals surface area contributed by atoms with E-state index in [-0.39, 0.29) is 29.2 Å². The van der Waals surface area contributed by atoms with Crippen molar-refractivity contribution in [1.82, 2.24) is 0 Å². The fourth-order valence-electron chi connectivity index (χ4n) is 3.46. The van der Waals surface area contributed by atoms with Gasteiger partial charge in [-0.15, -0.1) is 0 Å². The summed E-state index contributed by atoms with van der Waals surface area (Å²) in [7, 11) is 0. The first-order valence-corrected chi connectivity index (χ1v) is 11.7. The van der Waals surface area contributed by atoms with Crippen LogP contribution in [0, 0.1) is 6.92 Å². The maximum absolute atomic E-state index is 13.9. The van der Waals surface area contributed by atoms with Gasteiger partial charge >= 0.3 is 6.18 Å². The average Bonchev–Trinajstić information content (AvgIpc) is 2.87. The molecule has 0 fully saturated rings. The summed E-state index contributed by atoms with van der Waals surface area (Å²) in [5.74, 6) is -3.07. The second kappa shape index (κ2) is 11.1. The molecule has 198 valence electrons.